The molecule has 1 aromatic rings. The molecule has 0 amide bonds. The quantitative estimate of drug-likeness (QED) is 0.880. The minimum absolute atomic E-state index is 0.292. The first-order valence-electron chi connectivity index (χ1n) is 6.34. The third kappa shape index (κ3) is 2.93. The number of benzene rings is 1. The van der Waals surface area contributed by atoms with Crippen LogP contribution in [-0.2, 0) is 0 Å². The van der Waals surface area contributed by atoms with Crippen LogP contribution in [0.25, 0.3) is 0 Å². The van der Waals surface area contributed by atoms with Gasteiger partial charge in [-0.1, -0.05) is 42.5 Å². The van der Waals surface area contributed by atoms with Crippen LogP contribution < -0.4 is 4.74 Å². The second-order valence-corrected chi connectivity index (χ2v) is 5.67. The van der Waals surface area contributed by atoms with Gasteiger partial charge in [-0.3, -0.25) is 0 Å². The van der Waals surface area contributed by atoms with Crippen LogP contribution in [0, 0.1) is 5.92 Å². The van der Waals surface area contributed by atoms with Crippen LogP contribution in [0.1, 0.15) is 43.8 Å². The van der Waals surface area contributed by atoms with Gasteiger partial charge in [0, 0.05) is 11.6 Å². The maximum Gasteiger partial charge on any atom is 0.138 e. The van der Waals surface area contributed by atoms with Crippen LogP contribution >= 0.6 is 23.2 Å². The van der Waals surface area contributed by atoms with Crippen LogP contribution in [0.15, 0.2) is 12.1 Å². The van der Waals surface area contributed by atoms with E-state index in [1.165, 1.54) is 19.3 Å². The van der Waals surface area contributed by atoms with Crippen molar-refractivity contribution in [1.82, 2.24) is 0 Å². The summed E-state index contributed by atoms with van der Waals surface area (Å²) in [6.45, 7) is 0. The number of methoxy groups -OCH3 is 1. The Balaban J connectivity index is 2.23. The summed E-state index contributed by atoms with van der Waals surface area (Å²) in [6, 6.07) is 3.40. The van der Waals surface area contributed by atoms with Crippen molar-refractivity contribution in [2.24, 2.45) is 5.92 Å². The van der Waals surface area contributed by atoms with E-state index in [1.54, 1.807) is 19.2 Å². The summed E-state index contributed by atoms with van der Waals surface area (Å²) in [5.41, 5.74) is 0.717. The molecule has 1 saturated carbocycles. The van der Waals surface area contributed by atoms with Crippen molar-refractivity contribution in [3.63, 3.8) is 0 Å². The molecule has 0 heterocycles. The van der Waals surface area contributed by atoms with Gasteiger partial charge in [-0.15, -0.1) is 0 Å². The number of hydrogen-bond donors (Lipinski definition) is 1. The molecule has 4 heteroatoms. The van der Waals surface area contributed by atoms with Gasteiger partial charge in [-0.25, -0.2) is 0 Å². The summed E-state index contributed by atoms with van der Waals surface area (Å²) in [5, 5.41) is 11.4. The molecule has 1 aromatic carbocycles. The van der Waals surface area contributed by atoms with Gasteiger partial charge in [0.2, 0.25) is 0 Å². The molecule has 0 spiro atoms. The second-order valence-electron chi connectivity index (χ2n) is 4.85. The smallest absolute Gasteiger partial charge is 0.138 e. The first kappa shape index (κ1) is 14.0. The zero-order chi connectivity index (χ0) is 13.1. The molecule has 1 atom stereocenters. The Bertz CT molecular complexity index is 415. The molecule has 18 heavy (non-hydrogen) atoms. The molecule has 1 aliphatic rings. The fourth-order valence-corrected chi connectivity index (χ4v) is 3.15. The Morgan fingerprint density at radius 1 is 1.17 bits per heavy atom. The topological polar surface area (TPSA) is 29.5 Å². The Labute approximate surface area is 118 Å². The Hall–Kier alpha value is -0.440. The van der Waals surface area contributed by atoms with Gasteiger partial charge in [0.15, 0.2) is 0 Å². The summed E-state index contributed by atoms with van der Waals surface area (Å²) in [5.74, 6) is 0.835. The SMILES string of the molecule is COc1cc(Cl)c(C(O)C2CCCCC2)cc1Cl. The fraction of sp³-hybridized carbons (Fsp3) is 0.571. The molecular formula is C14H18Cl2O2. The summed E-state index contributed by atoms with van der Waals surface area (Å²) in [6.07, 6.45) is 5.22. The highest BCUT2D eigenvalue weighted by Gasteiger charge is 2.25. The predicted octanol–water partition coefficient (Wildman–Crippen LogP) is 4.62. The van der Waals surface area contributed by atoms with Gasteiger partial charge in [0.1, 0.15) is 5.75 Å². The van der Waals surface area contributed by atoms with E-state index in [9.17, 15) is 5.11 Å². The number of hydrogen-bond acceptors (Lipinski definition) is 2. The van der Waals surface area contributed by atoms with Gasteiger partial charge in [-0.2, -0.15) is 0 Å². The van der Waals surface area contributed by atoms with E-state index in [1.807, 2.05) is 0 Å². The lowest BCUT2D eigenvalue weighted by Crippen LogP contribution is -2.16. The largest absolute Gasteiger partial charge is 0.495 e. The van der Waals surface area contributed by atoms with E-state index >= 15 is 0 Å². The molecule has 0 aromatic heterocycles. The molecule has 0 bridgehead atoms. The van der Waals surface area contributed by atoms with E-state index in [2.05, 4.69) is 0 Å². The number of aliphatic hydroxyl groups is 1. The van der Waals surface area contributed by atoms with Gasteiger partial charge < -0.3 is 9.84 Å². The molecule has 0 radical (unpaired) electrons. The molecule has 2 nitrogen and oxygen atoms in total. The van der Waals surface area contributed by atoms with E-state index in [0.717, 1.165) is 18.4 Å². The van der Waals surface area contributed by atoms with Crippen molar-refractivity contribution in [3.05, 3.63) is 27.7 Å². The van der Waals surface area contributed by atoms with Crippen LogP contribution in [0.3, 0.4) is 0 Å². The molecular weight excluding hydrogens is 271 g/mol. The average molecular weight is 289 g/mol. The van der Waals surface area contributed by atoms with Crippen molar-refractivity contribution >= 4 is 23.2 Å². The highest BCUT2D eigenvalue weighted by atomic mass is 35.5. The van der Waals surface area contributed by atoms with Crippen molar-refractivity contribution in [1.29, 1.82) is 0 Å². The summed E-state index contributed by atoms with van der Waals surface area (Å²) in [4.78, 5) is 0. The van der Waals surface area contributed by atoms with Crippen molar-refractivity contribution in [3.8, 4) is 5.75 Å². The number of aliphatic hydroxyl groups excluding tert-OH is 1. The lowest BCUT2D eigenvalue weighted by Gasteiger charge is -2.27. The molecule has 100 valence electrons. The molecule has 2 rings (SSSR count). The van der Waals surface area contributed by atoms with Gasteiger partial charge >= 0.3 is 0 Å². The fourth-order valence-electron chi connectivity index (χ4n) is 2.63. The standard InChI is InChI=1S/C14H18Cl2O2/c1-18-13-8-11(15)10(7-12(13)16)14(17)9-5-3-2-4-6-9/h7-9,14,17H,2-6H2,1H3. The molecule has 1 fully saturated rings. The molecule has 0 aliphatic heterocycles. The van der Waals surface area contributed by atoms with E-state index in [0.29, 0.717) is 21.7 Å². The second kappa shape index (κ2) is 6.14. The maximum atomic E-state index is 10.4. The lowest BCUT2D eigenvalue weighted by atomic mass is 9.83. The Kier molecular flexibility index (Phi) is 4.77. The Morgan fingerprint density at radius 2 is 1.83 bits per heavy atom. The lowest BCUT2D eigenvalue weighted by molar-refractivity contribution is 0.0849. The molecule has 1 N–H and O–H groups in total. The van der Waals surface area contributed by atoms with Crippen LogP contribution in [0.5, 0.6) is 5.75 Å². The van der Waals surface area contributed by atoms with E-state index < -0.39 is 6.10 Å². The molecule has 1 aliphatic carbocycles. The van der Waals surface area contributed by atoms with Gasteiger partial charge in [-0.05, 0) is 24.8 Å². The zero-order valence-electron chi connectivity index (χ0n) is 10.5. The van der Waals surface area contributed by atoms with Crippen LogP contribution in [0.2, 0.25) is 10.0 Å². The molecule has 1 unspecified atom stereocenters. The Morgan fingerprint density at radius 3 is 2.44 bits per heavy atom. The zero-order valence-corrected chi connectivity index (χ0v) is 12.0. The number of ether oxygens (including phenoxy) is 1. The third-order valence-corrected chi connectivity index (χ3v) is 4.31. The first-order valence-corrected chi connectivity index (χ1v) is 7.10. The monoisotopic (exact) mass is 288 g/mol. The van der Waals surface area contributed by atoms with Crippen molar-refractivity contribution < 1.29 is 9.84 Å². The minimum atomic E-state index is -0.527. The summed E-state index contributed by atoms with van der Waals surface area (Å²) < 4.78 is 5.11. The van der Waals surface area contributed by atoms with Gasteiger partial charge in [0.25, 0.3) is 0 Å². The third-order valence-electron chi connectivity index (χ3n) is 3.69. The first-order chi connectivity index (χ1) is 8.63. The normalized spacial score (nSPS) is 18.7. The van der Waals surface area contributed by atoms with Crippen molar-refractivity contribution in [2.75, 3.05) is 7.11 Å². The highest BCUT2D eigenvalue weighted by Crippen LogP contribution is 2.40. The van der Waals surface area contributed by atoms with Crippen molar-refractivity contribution in [2.45, 2.75) is 38.2 Å². The number of halogens is 2. The average Bonchev–Trinajstić information content (AvgIpc) is 2.41. The summed E-state index contributed by atoms with van der Waals surface area (Å²) in [7, 11) is 1.55. The predicted molar refractivity (Wildman–Crippen MR) is 74.5 cm³/mol. The van der Waals surface area contributed by atoms with E-state index in [4.69, 9.17) is 27.9 Å². The minimum Gasteiger partial charge on any atom is -0.495 e. The number of rotatable bonds is 3. The van der Waals surface area contributed by atoms with E-state index in [-0.39, 0.29) is 0 Å². The van der Waals surface area contributed by atoms with Crippen LogP contribution in [-0.4, -0.2) is 12.2 Å². The highest BCUT2D eigenvalue weighted by molar-refractivity contribution is 6.34. The van der Waals surface area contributed by atoms with Crippen LogP contribution in [0.4, 0.5) is 0 Å². The summed E-state index contributed by atoms with van der Waals surface area (Å²) >= 11 is 12.3. The van der Waals surface area contributed by atoms with Gasteiger partial charge in [0.05, 0.1) is 23.3 Å². The maximum absolute atomic E-state index is 10.4. The molecule has 0 saturated heterocycles.